The molecule has 2 heterocycles. The summed E-state index contributed by atoms with van der Waals surface area (Å²) in [4.78, 5) is 19.5. The topological polar surface area (TPSA) is 80.9 Å². The predicted molar refractivity (Wildman–Crippen MR) is 59.4 cm³/mol. The van der Waals surface area contributed by atoms with E-state index in [9.17, 15) is 4.79 Å². The van der Waals surface area contributed by atoms with Crippen LogP contribution in [0.1, 0.15) is 29.3 Å². The van der Waals surface area contributed by atoms with E-state index >= 15 is 0 Å². The second kappa shape index (κ2) is 4.92. The van der Waals surface area contributed by atoms with Crippen molar-refractivity contribution < 1.29 is 9.32 Å². The summed E-state index contributed by atoms with van der Waals surface area (Å²) in [6.45, 7) is 1.75. The summed E-state index contributed by atoms with van der Waals surface area (Å²) in [6, 6.07) is 2.79. The van der Waals surface area contributed by atoms with Crippen molar-refractivity contribution in [2.24, 2.45) is 0 Å². The van der Waals surface area contributed by atoms with Gasteiger partial charge in [-0.25, -0.2) is 4.98 Å². The molecular weight excluding hydrogens is 244 g/mol. The normalized spacial score (nSPS) is 12.1. The van der Waals surface area contributed by atoms with Gasteiger partial charge in [0.1, 0.15) is 5.69 Å². The van der Waals surface area contributed by atoms with E-state index in [2.05, 4.69) is 25.0 Å². The monoisotopic (exact) mass is 252 g/mol. The molecule has 1 unspecified atom stereocenters. The number of hydrogen-bond donors (Lipinski definition) is 1. The predicted octanol–water partition coefficient (Wildman–Crippen LogP) is 1.61. The van der Waals surface area contributed by atoms with Crippen LogP contribution in [0.5, 0.6) is 0 Å². The molecule has 0 radical (unpaired) electrons. The van der Waals surface area contributed by atoms with Gasteiger partial charge in [-0.3, -0.25) is 4.79 Å². The Morgan fingerprint density at radius 1 is 1.47 bits per heavy atom. The molecule has 0 saturated heterocycles. The lowest BCUT2D eigenvalue weighted by Gasteiger charge is -2.09. The van der Waals surface area contributed by atoms with Gasteiger partial charge >= 0.3 is 0 Å². The van der Waals surface area contributed by atoms with Crippen LogP contribution in [0.2, 0.25) is 5.02 Å². The van der Waals surface area contributed by atoms with Gasteiger partial charge in [0.25, 0.3) is 5.91 Å². The van der Waals surface area contributed by atoms with Gasteiger partial charge in [0.15, 0.2) is 5.82 Å². The van der Waals surface area contributed by atoms with Gasteiger partial charge in [0, 0.05) is 6.20 Å². The molecule has 0 aromatic carbocycles. The van der Waals surface area contributed by atoms with Crippen LogP contribution >= 0.6 is 11.6 Å². The smallest absolute Gasteiger partial charge is 0.270 e. The average Bonchev–Trinajstić information content (AvgIpc) is 2.83. The molecule has 2 aromatic heterocycles. The second-order valence-corrected chi connectivity index (χ2v) is 3.78. The first-order valence-corrected chi connectivity index (χ1v) is 5.23. The van der Waals surface area contributed by atoms with E-state index < -0.39 is 0 Å². The third-order valence-electron chi connectivity index (χ3n) is 2.07. The van der Waals surface area contributed by atoms with Gasteiger partial charge in [0.2, 0.25) is 6.39 Å². The Labute approximate surface area is 102 Å². The highest BCUT2D eigenvalue weighted by atomic mass is 35.5. The molecule has 7 heteroatoms. The average molecular weight is 253 g/mol. The molecule has 17 heavy (non-hydrogen) atoms. The fraction of sp³-hybridized carbons (Fsp3) is 0.200. The van der Waals surface area contributed by atoms with Crippen LogP contribution < -0.4 is 5.32 Å². The molecule has 1 N–H and O–H groups in total. The van der Waals surface area contributed by atoms with Crippen LogP contribution in [0.25, 0.3) is 0 Å². The van der Waals surface area contributed by atoms with Gasteiger partial charge in [-0.1, -0.05) is 16.8 Å². The Morgan fingerprint density at radius 2 is 2.29 bits per heavy atom. The first-order valence-electron chi connectivity index (χ1n) is 4.85. The summed E-state index contributed by atoms with van der Waals surface area (Å²) in [5.41, 5.74) is 0.282. The Morgan fingerprint density at radius 3 is 2.88 bits per heavy atom. The van der Waals surface area contributed by atoms with Crippen molar-refractivity contribution in [3.05, 3.63) is 41.3 Å². The minimum atomic E-state index is -0.348. The molecule has 1 atom stereocenters. The van der Waals surface area contributed by atoms with Crippen LogP contribution in [0.4, 0.5) is 0 Å². The SMILES string of the molecule is CC(NC(=O)c1ccc(Cl)cn1)c1ncon1. The highest BCUT2D eigenvalue weighted by Crippen LogP contribution is 2.09. The Balaban J connectivity index is 2.04. The van der Waals surface area contributed by atoms with E-state index in [1.165, 1.54) is 12.6 Å². The Kier molecular flexibility index (Phi) is 3.34. The number of pyridine rings is 1. The zero-order chi connectivity index (χ0) is 12.3. The zero-order valence-electron chi connectivity index (χ0n) is 8.92. The molecular formula is C10H9ClN4O2. The van der Waals surface area contributed by atoms with Gasteiger partial charge in [-0.15, -0.1) is 0 Å². The Hall–Kier alpha value is -1.95. The van der Waals surface area contributed by atoms with E-state index in [1.54, 1.807) is 19.1 Å². The van der Waals surface area contributed by atoms with Gasteiger partial charge in [0.05, 0.1) is 11.1 Å². The largest absolute Gasteiger partial charge is 0.343 e. The number of carbonyl (C=O) groups is 1. The number of halogens is 1. The number of nitrogens with one attached hydrogen (secondary N) is 1. The lowest BCUT2D eigenvalue weighted by atomic mass is 10.3. The van der Waals surface area contributed by atoms with Gasteiger partial charge in [-0.2, -0.15) is 4.98 Å². The van der Waals surface area contributed by atoms with Crippen molar-refractivity contribution >= 4 is 17.5 Å². The van der Waals surface area contributed by atoms with Gasteiger partial charge < -0.3 is 9.84 Å². The maximum atomic E-state index is 11.8. The zero-order valence-corrected chi connectivity index (χ0v) is 9.68. The van der Waals surface area contributed by atoms with Crippen molar-refractivity contribution in [3.63, 3.8) is 0 Å². The molecule has 2 aromatic rings. The number of rotatable bonds is 3. The summed E-state index contributed by atoms with van der Waals surface area (Å²) in [5, 5.41) is 6.80. The van der Waals surface area contributed by atoms with E-state index in [4.69, 9.17) is 11.6 Å². The molecule has 2 rings (SSSR count). The quantitative estimate of drug-likeness (QED) is 0.898. The van der Waals surface area contributed by atoms with Crippen LogP contribution in [-0.2, 0) is 0 Å². The summed E-state index contributed by atoms with van der Waals surface area (Å²) in [7, 11) is 0. The molecule has 1 amide bonds. The molecule has 0 aliphatic heterocycles. The molecule has 6 nitrogen and oxygen atoms in total. The third-order valence-corrected chi connectivity index (χ3v) is 2.30. The maximum absolute atomic E-state index is 11.8. The van der Waals surface area contributed by atoms with Crippen molar-refractivity contribution in [1.82, 2.24) is 20.4 Å². The van der Waals surface area contributed by atoms with E-state index in [-0.39, 0.29) is 17.6 Å². The van der Waals surface area contributed by atoms with Crippen molar-refractivity contribution in [2.45, 2.75) is 13.0 Å². The summed E-state index contributed by atoms with van der Waals surface area (Å²) >= 11 is 5.68. The number of hydrogen-bond acceptors (Lipinski definition) is 5. The number of nitrogens with zero attached hydrogens (tertiary/aromatic N) is 3. The number of amides is 1. The molecule has 0 spiro atoms. The molecule has 0 bridgehead atoms. The molecule has 0 fully saturated rings. The van der Waals surface area contributed by atoms with E-state index in [1.807, 2.05) is 0 Å². The standard InChI is InChI=1S/C10H9ClN4O2/c1-6(9-13-5-17-15-9)14-10(16)8-3-2-7(11)4-12-8/h2-6H,1H3,(H,14,16). The summed E-state index contributed by atoms with van der Waals surface area (Å²) in [6.07, 6.45) is 2.62. The summed E-state index contributed by atoms with van der Waals surface area (Å²) < 4.78 is 4.59. The highest BCUT2D eigenvalue weighted by Gasteiger charge is 2.15. The van der Waals surface area contributed by atoms with Crippen molar-refractivity contribution in [2.75, 3.05) is 0 Å². The maximum Gasteiger partial charge on any atom is 0.270 e. The fourth-order valence-electron chi connectivity index (χ4n) is 1.21. The number of aromatic nitrogens is 3. The first-order chi connectivity index (χ1) is 8.16. The molecule has 88 valence electrons. The van der Waals surface area contributed by atoms with E-state index in [0.717, 1.165) is 0 Å². The minimum Gasteiger partial charge on any atom is -0.343 e. The van der Waals surface area contributed by atoms with Crippen LogP contribution in [0.15, 0.2) is 29.2 Å². The van der Waals surface area contributed by atoms with Crippen LogP contribution in [0.3, 0.4) is 0 Å². The van der Waals surface area contributed by atoms with Crippen molar-refractivity contribution in [3.8, 4) is 0 Å². The van der Waals surface area contributed by atoms with Crippen LogP contribution in [0, 0.1) is 0 Å². The van der Waals surface area contributed by atoms with Crippen LogP contribution in [-0.4, -0.2) is 21.0 Å². The summed E-state index contributed by atoms with van der Waals surface area (Å²) in [5.74, 6) is 0.0891. The molecule has 0 saturated carbocycles. The lowest BCUT2D eigenvalue weighted by Crippen LogP contribution is -2.28. The first kappa shape index (κ1) is 11.5. The minimum absolute atomic E-state index is 0.282. The number of carbonyl (C=O) groups excluding carboxylic acids is 1. The van der Waals surface area contributed by atoms with E-state index in [0.29, 0.717) is 10.8 Å². The van der Waals surface area contributed by atoms with Gasteiger partial charge in [-0.05, 0) is 19.1 Å². The highest BCUT2D eigenvalue weighted by molar-refractivity contribution is 6.30. The lowest BCUT2D eigenvalue weighted by molar-refractivity contribution is 0.0933. The molecule has 0 aliphatic rings. The fourth-order valence-corrected chi connectivity index (χ4v) is 1.33. The van der Waals surface area contributed by atoms with Crippen molar-refractivity contribution in [1.29, 1.82) is 0 Å². The second-order valence-electron chi connectivity index (χ2n) is 3.35. The molecule has 0 aliphatic carbocycles. The Bertz CT molecular complexity index is 498. The third kappa shape index (κ3) is 2.79.